The molecule has 2 aromatic carbocycles. The second-order valence-corrected chi connectivity index (χ2v) is 6.44. The Morgan fingerprint density at radius 2 is 1.72 bits per heavy atom. The first-order chi connectivity index (χ1) is 14.2. The first-order valence-electron chi connectivity index (χ1n) is 9.57. The van der Waals surface area contributed by atoms with Crippen molar-refractivity contribution in [1.82, 2.24) is 10.2 Å². The van der Waals surface area contributed by atoms with Gasteiger partial charge in [0.05, 0.1) is 0 Å². The van der Waals surface area contributed by atoms with Crippen LogP contribution in [-0.4, -0.2) is 42.4 Å². The third-order valence-electron chi connectivity index (χ3n) is 4.69. The van der Waals surface area contributed by atoms with E-state index in [1.165, 1.54) is 0 Å². The van der Waals surface area contributed by atoms with E-state index < -0.39 is 0 Å². The summed E-state index contributed by atoms with van der Waals surface area (Å²) in [7, 11) is 0. The standard InChI is InChI=1S/C21H22N4O4/c1-3-25(4-2)16-8-5-14(6-9-16)19(26)22-21-24-23-20(29-21)15-7-10-17-18(13-15)28-12-11-27-17/h5-10,13H,3-4,11-12H2,1-2H3,(H,22,24,26). The Morgan fingerprint density at radius 1 is 1.00 bits per heavy atom. The summed E-state index contributed by atoms with van der Waals surface area (Å²) >= 11 is 0. The Balaban J connectivity index is 1.45. The molecule has 8 heteroatoms. The Kier molecular flexibility index (Phi) is 5.33. The average Bonchev–Trinajstić information content (AvgIpc) is 3.23. The molecule has 0 unspecified atom stereocenters. The smallest absolute Gasteiger partial charge is 0.322 e. The molecule has 4 rings (SSSR count). The van der Waals surface area contributed by atoms with Gasteiger partial charge in [-0.3, -0.25) is 10.1 Å². The second kappa shape index (κ2) is 8.22. The number of hydrogen-bond donors (Lipinski definition) is 1. The first-order valence-corrected chi connectivity index (χ1v) is 9.57. The van der Waals surface area contributed by atoms with E-state index in [4.69, 9.17) is 13.9 Å². The van der Waals surface area contributed by atoms with Gasteiger partial charge in [0.2, 0.25) is 5.89 Å². The fraction of sp³-hybridized carbons (Fsp3) is 0.286. The first kappa shape index (κ1) is 18.8. The summed E-state index contributed by atoms with van der Waals surface area (Å²) in [6, 6.07) is 12.8. The van der Waals surface area contributed by atoms with E-state index in [0.29, 0.717) is 35.8 Å². The van der Waals surface area contributed by atoms with Gasteiger partial charge in [-0.25, -0.2) is 0 Å². The predicted octanol–water partition coefficient (Wildman–Crippen LogP) is 3.61. The van der Waals surface area contributed by atoms with E-state index in [1.807, 2.05) is 12.1 Å². The zero-order chi connectivity index (χ0) is 20.2. The van der Waals surface area contributed by atoms with Gasteiger partial charge >= 0.3 is 6.01 Å². The molecule has 1 aliphatic heterocycles. The Bertz CT molecular complexity index is 996. The van der Waals surface area contributed by atoms with Crippen LogP contribution in [-0.2, 0) is 0 Å². The van der Waals surface area contributed by atoms with Crippen molar-refractivity contribution in [3.05, 3.63) is 48.0 Å². The molecule has 2 heterocycles. The van der Waals surface area contributed by atoms with Gasteiger partial charge in [0.25, 0.3) is 5.91 Å². The van der Waals surface area contributed by atoms with Gasteiger partial charge in [0.1, 0.15) is 13.2 Å². The minimum Gasteiger partial charge on any atom is -0.486 e. The second-order valence-electron chi connectivity index (χ2n) is 6.44. The number of nitrogens with one attached hydrogen (secondary N) is 1. The molecular weight excluding hydrogens is 372 g/mol. The third kappa shape index (κ3) is 4.01. The van der Waals surface area contributed by atoms with Crippen LogP contribution in [0.15, 0.2) is 46.9 Å². The molecule has 1 amide bonds. The molecule has 1 N–H and O–H groups in total. The van der Waals surface area contributed by atoms with Crippen LogP contribution >= 0.6 is 0 Å². The van der Waals surface area contributed by atoms with E-state index in [9.17, 15) is 4.79 Å². The number of hydrogen-bond acceptors (Lipinski definition) is 7. The summed E-state index contributed by atoms with van der Waals surface area (Å²) in [5, 5.41) is 10.6. The van der Waals surface area contributed by atoms with E-state index in [0.717, 1.165) is 18.8 Å². The van der Waals surface area contributed by atoms with Crippen molar-refractivity contribution >= 4 is 17.6 Å². The lowest BCUT2D eigenvalue weighted by molar-refractivity contribution is 0.102. The fourth-order valence-corrected chi connectivity index (χ4v) is 3.15. The van der Waals surface area contributed by atoms with Gasteiger partial charge in [-0.1, -0.05) is 5.10 Å². The van der Waals surface area contributed by atoms with E-state index >= 15 is 0 Å². The van der Waals surface area contributed by atoms with Crippen molar-refractivity contribution in [2.75, 3.05) is 36.5 Å². The van der Waals surface area contributed by atoms with E-state index in [1.54, 1.807) is 30.3 Å². The zero-order valence-corrected chi connectivity index (χ0v) is 16.3. The number of nitrogens with zero attached hydrogens (tertiary/aromatic N) is 3. The highest BCUT2D eigenvalue weighted by Gasteiger charge is 2.17. The summed E-state index contributed by atoms with van der Waals surface area (Å²) in [5.74, 6) is 1.29. The van der Waals surface area contributed by atoms with Crippen LogP contribution in [0.25, 0.3) is 11.5 Å². The lowest BCUT2D eigenvalue weighted by Gasteiger charge is -2.20. The molecule has 1 aromatic heterocycles. The number of aromatic nitrogens is 2. The van der Waals surface area contributed by atoms with Gasteiger partial charge in [0.15, 0.2) is 11.5 Å². The van der Waals surface area contributed by atoms with Crippen molar-refractivity contribution in [1.29, 1.82) is 0 Å². The molecule has 1 aliphatic rings. The number of anilines is 2. The van der Waals surface area contributed by atoms with Crippen LogP contribution in [0.5, 0.6) is 11.5 Å². The van der Waals surface area contributed by atoms with Crippen LogP contribution in [0.4, 0.5) is 11.7 Å². The molecule has 0 saturated heterocycles. The van der Waals surface area contributed by atoms with Crippen molar-refractivity contribution in [3.8, 4) is 23.0 Å². The molecule has 0 fully saturated rings. The molecule has 29 heavy (non-hydrogen) atoms. The van der Waals surface area contributed by atoms with E-state index in [-0.39, 0.29) is 17.8 Å². The Labute approximate surface area is 168 Å². The summed E-state index contributed by atoms with van der Waals surface area (Å²) in [5.41, 5.74) is 2.27. The number of fused-ring (bicyclic) bond motifs is 1. The number of benzene rings is 2. The highest BCUT2D eigenvalue weighted by molar-refractivity contribution is 6.03. The Hall–Kier alpha value is -3.55. The molecule has 0 radical (unpaired) electrons. The number of ether oxygens (including phenoxy) is 2. The van der Waals surface area contributed by atoms with Crippen molar-refractivity contribution in [3.63, 3.8) is 0 Å². The highest BCUT2D eigenvalue weighted by Crippen LogP contribution is 2.34. The molecule has 0 saturated carbocycles. The van der Waals surface area contributed by atoms with Crippen molar-refractivity contribution in [2.45, 2.75) is 13.8 Å². The zero-order valence-electron chi connectivity index (χ0n) is 16.3. The van der Waals surface area contributed by atoms with Gasteiger partial charge in [-0.15, -0.1) is 5.10 Å². The third-order valence-corrected chi connectivity index (χ3v) is 4.69. The van der Waals surface area contributed by atoms with Crippen molar-refractivity contribution in [2.24, 2.45) is 0 Å². The molecule has 3 aromatic rings. The maximum atomic E-state index is 12.5. The quantitative estimate of drug-likeness (QED) is 0.683. The average molecular weight is 394 g/mol. The number of rotatable bonds is 6. The number of carbonyl (C=O) groups is 1. The molecule has 0 atom stereocenters. The number of carbonyl (C=O) groups excluding carboxylic acids is 1. The highest BCUT2D eigenvalue weighted by atomic mass is 16.6. The summed E-state index contributed by atoms with van der Waals surface area (Å²) < 4.78 is 16.7. The lowest BCUT2D eigenvalue weighted by Crippen LogP contribution is -2.21. The maximum absolute atomic E-state index is 12.5. The molecular formula is C21H22N4O4. The fourth-order valence-electron chi connectivity index (χ4n) is 3.15. The predicted molar refractivity (Wildman–Crippen MR) is 109 cm³/mol. The molecule has 0 spiro atoms. The minimum absolute atomic E-state index is 0.0349. The van der Waals surface area contributed by atoms with Crippen LogP contribution in [0.3, 0.4) is 0 Å². The molecule has 0 bridgehead atoms. The minimum atomic E-state index is -0.312. The van der Waals surface area contributed by atoms with Gasteiger partial charge in [-0.2, -0.15) is 0 Å². The summed E-state index contributed by atoms with van der Waals surface area (Å²) in [6.45, 7) is 7.03. The van der Waals surface area contributed by atoms with Crippen molar-refractivity contribution < 1.29 is 18.7 Å². The summed E-state index contributed by atoms with van der Waals surface area (Å²) in [4.78, 5) is 14.7. The molecule has 8 nitrogen and oxygen atoms in total. The lowest BCUT2D eigenvalue weighted by atomic mass is 10.2. The van der Waals surface area contributed by atoms with Crippen LogP contribution < -0.4 is 19.7 Å². The molecule has 0 aliphatic carbocycles. The maximum Gasteiger partial charge on any atom is 0.322 e. The monoisotopic (exact) mass is 394 g/mol. The topological polar surface area (TPSA) is 89.7 Å². The SMILES string of the molecule is CCN(CC)c1ccc(C(=O)Nc2nnc(-c3ccc4c(c3)OCCO4)o2)cc1. The van der Waals surface area contributed by atoms with Crippen LogP contribution in [0, 0.1) is 0 Å². The van der Waals surface area contributed by atoms with Crippen LogP contribution in [0.1, 0.15) is 24.2 Å². The number of amides is 1. The largest absolute Gasteiger partial charge is 0.486 e. The Morgan fingerprint density at radius 3 is 2.45 bits per heavy atom. The van der Waals surface area contributed by atoms with Gasteiger partial charge < -0.3 is 18.8 Å². The van der Waals surface area contributed by atoms with Crippen LogP contribution in [0.2, 0.25) is 0 Å². The normalized spacial score (nSPS) is 12.5. The summed E-state index contributed by atoms with van der Waals surface area (Å²) in [6.07, 6.45) is 0. The van der Waals surface area contributed by atoms with E-state index in [2.05, 4.69) is 34.3 Å². The molecule has 150 valence electrons. The van der Waals surface area contributed by atoms with Gasteiger partial charge in [-0.05, 0) is 56.3 Å². The van der Waals surface area contributed by atoms with Gasteiger partial charge in [0, 0.05) is 29.9 Å².